The van der Waals surface area contributed by atoms with Crippen LogP contribution in [-0.4, -0.2) is 19.5 Å². The standard InChI is InChI=1S/C21H22P/c1-22(2)17-21(20-15-9-10-16-20,18-11-5-3-6-12-18)19-13-7-4-8-14-19/h3-16H,17H2,1-2H3. The second-order valence-electron chi connectivity index (χ2n) is 6.05. The maximum atomic E-state index is 2.37. The molecule has 1 aliphatic carbocycles. The average molecular weight is 305 g/mol. The fourth-order valence-electron chi connectivity index (χ4n) is 3.35. The van der Waals surface area contributed by atoms with Crippen LogP contribution in [0.15, 0.2) is 60.7 Å². The number of hydrogen-bond acceptors (Lipinski definition) is 0. The zero-order chi connectivity index (χ0) is 15.4. The molecule has 1 saturated carbocycles. The van der Waals surface area contributed by atoms with Crippen LogP contribution in [0.2, 0.25) is 0 Å². The minimum Gasteiger partial charge on any atom is -0.112 e. The lowest BCUT2D eigenvalue weighted by Crippen LogP contribution is -2.37. The predicted molar refractivity (Wildman–Crippen MR) is 97.7 cm³/mol. The lowest BCUT2D eigenvalue weighted by molar-refractivity contribution is 0.632. The van der Waals surface area contributed by atoms with Gasteiger partial charge in [-0.05, 0) is 62.2 Å². The largest absolute Gasteiger partial charge is 0.112 e. The topological polar surface area (TPSA) is 0 Å². The van der Waals surface area contributed by atoms with Crippen molar-refractivity contribution in [1.29, 1.82) is 0 Å². The summed E-state index contributed by atoms with van der Waals surface area (Å²) in [6.07, 6.45) is 10.0. The molecule has 0 spiro atoms. The van der Waals surface area contributed by atoms with E-state index in [1.54, 1.807) is 0 Å². The first-order chi connectivity index (χ1) is 10.7. The molecule has 0 amide bonds. The summed E-state index contributed by atoms with van der Waals surface area (Å²) in [5.41, 5.74) is 2.74. The smallest absolute Gasteiger partial charge is 0.0309 e. The van der Waals surface area contributed by atoms with Crippen LogP contribution in [0.1, 0.15) is 11.1 Å². The van der Waals surface area contributed by atoms with Gasteiger partial charge in [-0.2, -0.15) is 0 Å². The molecule has 0 heterocycles. The second-order valence-corrected chi connectivity index (χ2v) is 8.52. The number of benzene rings is 2. The monoisotopic (exact) mass is 305 g/mol. The molecular formula is C21H22P. The van der Waals surface area contributed by atoms with Gasteiger partial charge in [0.05, 0.1) is 0 Å². The Hall–Kier alpha value is -1.13. The van der Waals surface area contributed by atoms with Crippen LogP contribution in [0.3, 0.4) is 0 Å². The molecule has 0 saturated heterocycles. The Labute approximate surface area is 136 Å². The number of hydrogen-bond donors (Lipinski definition) is 0. The Kier molecular flexibility index (Phi) is 4.99. The first-order valence-corrected chi connectivity index (χ1v) is 10.1. The summed E-state index contributed by atoms with van der Waals surface area (Å²) in [6, 6.07) is 21.9. The van der Waals surface area contributed by atoms with Gasteiger partial charge in [0.2, 0.25) is 0 Å². The molecule has 22 heavy (non-hydrogen) atoms. The van der Waals surface area contributed by atoms with Crippen LogP contribution in [0.4, 0.5) is 0 Å². The fraction of sp³-hybridized carbons (Fsp3) is 0.190. The van der Waals surface area contributed by atoms with E-state index in [2.05, 4.69) is 99.7 Å². The van der Waals surface area contributed by atoms with Gasteiger partial charge in [0.25, 0.3) is 0 Å². The molecule has 1 fully saturated rings. The summed E-state index contributed by atoms with van der Waals surface area (Å²) in [7, 11) is -0.0404. The molecule has 5 radical (unpaired) electrons. The van der Waals surface area contributed by atoms with Crippen LogP contribution in [0.25, 0.3) is 0 Å². The molecule has 0 atom stereocenters. The third-order valence-electron chi connectivity index (χ3n) is 4.24. The molecule has 0 aliphatic heterocycles. The van der Waals surface area contributed by atoms with Crippen molar-refractivity contribution in [1.82, 2.24) is 0 Å². The van der Waals surface area contributed by atoms with E-state index in [1.807, 2.05) is 0 Å². The summed E-state index contributed by atoms with van der Waals surface area (Å²) < 4.78 is 0. The molecular weight excluding hydrogens is 283 g/mol. The van der Waals surface area contributed by atoms with Gasteiger partial charge in [0.1, 0.15) is 0 Å². The van der Waals surface area contributed by atoms with Crippen LogP contribution in [0, 0.1) is 31.6 Å². The van der Waals surface area contributed by atoms with Crippen molar-refractivity contribution >= 4 is 7.92 Å². The van der Waals surface area contributed by atoms with Crippen LogP contribution in [0.5, 0.6) is 0 Å². The zero-order valence-electron chi connectivity index (χ0n) is 13.2. The Morgan fingerprint density at radius 2 is 1.18 bits per heavy atom. The van der Waals surface area contributed by atoms with E-state index in [-0.39, 0.29) is 13.3 Å². The maximum absolute atomic E-state index is 2.37. The molecule has 0 unspecified atom stereocenters. The van der Waals surface area contributed by atoms with Gasteiger partial charge in [0.15, 0.2) is 0 Å². The number of rotatable bonds is 5. The van der Waals surface area contributed by atoms with Gasteiger partial charge in [-0.1, -0.05) is 60.7 Å². The molecule has 1 heteroatoms. The molecule has 1 aliphatic rings. The van der Waals surface area contributed by atoms with Crippen molar-refractivity contribution in [2.75, 3.05) is 19.5 Å². The lowest BCUT2D eigenvalue weighted by Gasteiger charge is -2.41. The molecule has 0 nitrogen and oxygen atoms in total. The Bertz CT molecular complexity index is 528. The zero-order valence-corrected chi connectivity index (χ0v) is 14.1. The van der Waals surface area contributed by atoms with Crippen molar-refractivity contribution in [2.24, 2.45) is 0 Å². The fourth-order valence-corrected chi connectivity index (χ4v) is 4.85. The van der Waals surface area contributed by atoms with Crippen molar-refractivity contribution in [3.05, 3.63) is 103 Å². The molecule has 2 aromatic carbocycles. The molecule has 0 bridgehead atoms. The molecule has 0 N–H and O–H groups in total. The first-order valence-electron chi connectivity index (χ1n) is 7.71. The third-order valence-corrected chi connectivity index (χ3v) is 5.35. The van der Waals surface area contributed by atoms with Gasteiger partial charge in [0, 0.05) is 5.41 Å². The third kappa shape index (κ3) is 2.99. The van der Waals surface area contributed by atoms with Gasteiger partial charge in [-0.15, -0.1) is 7.92 Å². The van der Waals surface area contributed by atoms with E-state index in [0.29, 0.717) is 0 Å². The SMILES string of the molecule is CP(C)CC([C]1[CH][CH][CH][CH]1)(c1ccccc1)c1ccccc1. The summed E-state index contributed by atoms with van der Waals surface area (Å²) in [4.78, 5) is 0. The van der Waals surface area contributed by atoms with E-state index in [1.165, 1.54) is 23.2 Å². The van der Waals surface area contributed by atoms with Crippen molar-refractivity contribution in [3.63, 3.8) is 0 Å². The summed E-state index contributed by atoms with van der Waals surface area (Å²) >= 11 is 0. The molecule has 2 aromatic rings. The van der Waals surface area contributed by atoms with Crippen molar-refractivity contribution < 1.29 is 0 Å². The average Bonchev–Trinajstić information content (AvgIpc) is 3.09. The maximum Gasteiger partial charge on any atom is 0.0309 e. The van der Waals surface area contributed by atoms with E-state index in [4.69, 9.17) is 0 Å². The normalized spacial score (nSPS) is 16.3. The van der Waals surface area contributed by atoms with Gasteiger partial charge in [-0.25, -0.2) is 0 Å². The van der Waals surface area contributed by atoms with Gasteiger partial charge < -0.3 is 0 Å². The highest BCUT2D eigenvalue weighted by Crippen LogP contribution is 2.52. The van der Waals surface area contributed by atoms with Crippen molar-refractivity contribution in [2.45, 2.75) is 5.41 Å². The predicted octanol–water partition coefficient (Wildman–Crippen LogP) is 5.12. The lowest BCUT2D eigenvalue weighted by atomic mass is 9.66. The first kappa shape index (κ1) is 15.8. The Morgan fingerprint density at radius 3 is 1.59 bits per heavy atom. The van der Waals surface area contributed by atoms with Gasteiger partial charge in [-0.3, -0.25) is 0 Å². The van der Waals surface area contributed by atoms with E-state index in [9.17, 15) is 0 Å². The molecule has 3 rings (SSSR count). The highest BCUT2D eigenvalue weighted by atomic mass is 31.1. The summed E-state index contributed by atoms with van der Waals surface area (Å²) in [6.45, 7) is 4.75. The Morgan fingerprint density at radius 1 is 0.727 bits per heavy atom. The van der Waals surface area contributed by atoms with E-state index in [0.717, 1.165) is 0 Å². The van der Waals surface area contributed by atoms with Crippen molar-refractivity contribution in [3.8, 4) is 0 Å². The molecule has 111 valence electrons. The highest BCUT2D eigenvalue weighted by molar-refractivity contribution is 7.56. The van der Waals surface area contributed by atoms with Crippen LogP contribution < -0.4 is 0 Å². The highest BCUT2D eigenvalue weighted by Gasteiger charge is 2.44. The summed E-state index contributed by atoms with van der Waals surface area (Å²) in [5.74, 6) is 1.40. The van der Waals surface area contributed by atoms with E-state index >= 15 is 0 Å². The quantitative estimate of drug-likeness (QED) is 0.673. The minimum atomic E-state index is -0.0405. The summed E-state index contributed by atoms with van der Waals surface area (Å²) in [5, 5.41) is 0. The molecule has 0 aromatic heterocycles. The second kappa shape index (κ2) is 6.97. The van der Waals surface area contributed by atoms with Crippen LogP contribution >= 0.6 is 7.92 Å². The minimum absolute atomic E-state index is 0.0404. The Balaban J connectivity index is 2.17. The van der Waals surface area contributed by atoms with Crippen LogP contribution in [-0.2, 0) is 5.41 Å². The van der Waals surface area contributed by atoms with E-state index < -0.39 is 0 Å². The van der Waals surface area contributed by atoms with Gasteiger partial charge >= 0.3 is 0 Å².